The van der Waals surface area contributed by atoms with E-state index in [0.29, 0.717) is 5.56 Å². The summed E-state index contributed by atoms with van der Waals surface area (Å²) in [6.45, 7) is 1.61. The van der Waals surface area contributed by atoms with Crippen LogP contribution in [0.5, 0.6) is 5.75 Å². The van der Waals surface area contributed by atoms with Crippen molar-refractivity contribution >= 4 is 5.91 Å². The average molecular weight is 361 g/mol. The van der Waals surface area contributed by atoms with Crippen LogP contribution in [0.2, 0.25) is 0 Å². The second kappa shape index (κ2) is 6.99. The Hall–Kier alpha value is -2.78. The van der Waals surface area contributed by atoms with Crippen molar-refractivity contribution in [3.05, 3.63) is 54.1 Å². The van der Waals surface area contributed by atoms with Gasteiger partial charge in [-0.05, 0) is 24.6 Å². The normalized spacial score (nSPS) is 13.2. The quantitative estimate of drug-likeness (QED) is 0.828. The van der Waals surface area contributed by atoms with Gasteiger partial charge in [-0.2, -0.15) is 22.0 Å². The van der Waals surface area contributed by atoms with Crippen LogP contribution in [0.15, 0.2) is 42.9 Å². The van der Waals surface area contributed by atoms with Gasteiger partial charge >= 0.3 is 12.3 Å². The van der Waals surface area contributed by atoms with E-state index >= 15 is 0 Å². The molecule has 134 valence electrons. The minimum absolute atomic E-state index is 0.0825. The van der Waals surface area contributed by atoms with Gasteiger partial charge in [-0.1, -0.05) is 12.1 Å². The van der Waals surface area contributed by atoms with Gasteiger partial charge in [0.25, 0.3) is 5.91 Å². The first-order valence-corrected chi connectivity index (χ1v) is 6.90. The van der Waals surface area contributed by atoms with Gasteiger partial charge < -0.3 is 10.1 Å². The summed E-state index contributed by atoms with van der Waals surface area (Å²) in [4.78, 5) is 19.5. The van der Waals surface area contributed by atoms with Crippen LogP contribution in [-0.2, 0) is 0 Å². The third-order valence-electron chi connectivity index (χ3n) is 3.10. The van der Waals surface area contributed by atoms with E-state index in [9.17, 15) is 26.7 Å². The number of hydrogen-bond donors (Lipinski definition) is 1. The van der Waals surface area contributed by atoms with Gasteiger partial charge in [-0.25, -0.2) is 4.98 Å². The molecule has 25 heavy (non-hydrogen) atoms. The van der Waals surface area contributed by atoms with E-state index < -0.39 is 30.0 Å². The van der Waals surface area contributed by atoms with Crippen LogP contribution in [0.25, 0.3) is 0 Å². The highest BCUT2D eigenvalue weighted by molar-refractivity contribution is 5.92. The van der Waals surface area contributed by atoms with E-state index in [2.05, 4.69) is 20.0 Å². The summed E-state index contributed by atoms with van der Waals surface area (Å²) in [5.74, 6) is -1.16. The molecule has 0 spiro atoms. The summed E-state index contributed by atoms with van der Waals surface area (Å²) in [6.07, 6.45) is -7.11. The Morgan fingerprint density at radius 1 is 1.12 bits per heavy atom. The van der Waals surface area contributed by atoms with Gasteiger partial charge in [-0.3, -0.25) is 9.78 Å². The van der Waals surface area contributed by atoms with Crippen LogP contribution < -0.4 is 10.1 Å². The number of aromatic nitrogens is 2. The zero-order valence-electron chi connectivity index (χ0n) is 12.7. The van der Waals surface area contributed by atoms with Crippen LogP contribution in [0.3, 0.4) is 0 Å². The van der Waals surface area contributed by atoms with Crippen molar-refractivity contribution in [3.8, 4) is 5.75 Å². The number of halogens is 5. The molecular formula is C15H12F5N3O2. The summed E-state index contributed by atoms with van der Waals surface area (Å²) in [5, 5.41) is 2.59. The number of benzene rings is 1. The lowest BCUT2D eigenvalue weighted by Gasteiger charge is -2.20. The van der Waals surface area contributed by atoms with Crippen molar-refractivity contribution in [3.63, 3.8) is 0 Å². The number of carbonyl (C=O) groups excluding carboxylic acids is 1. The molecular weight excluding hydrogens is 349 g/mol. The molecule has 1 aromatic carbocycles. The largest absolute Gasteiger partial charge is 0.499 e. The lowest BCUT2D eigenvalue weighted by Crippen LogP contribution is -2.41. The number of carbonyl (C=O) groups is 1. The number of nitrogens with one attached hydrogen (secondary N) is 1. The Labute approximate surface area is 138 Å². The monoisotopic (exact) mass is 361 g/mol. The van der Waals surface area contributed by atoms with Gasteiger partial charge in [-0.15, -0.1) is 0 Å². The van der Waals surface area contributed by atoms with Crippen molar-refractivity contribution in [1.82, 2.24) is 15.3 Å². The summed E-state index contributed by atoms with van der Waals surface area (Å²) in [6, 6.07) is 3.90. The summed E-state index contributed by atoms with van der Waals surface area (Å²) < 4.78 is 65.6. The number of hydrogen-bond acceptors (Lipinski definition) is 4. The number of rotatable bonds is 5. The van der Waals surface area contributed by atoms with E-state index in [1.54, 1.807) is 6.92 Å². The molecule has 1 unspecified atom stereocenters. The molecule has 10 heteroatoms. The highest BCUT2D eigenvalue weighted by Crippen LogP contribution is 2.37. The fourth-order valence-electron chi connectivity index (χ4n) is 1.80. The Bertz CT molecular complexity index is 720. The van der Waals surface area contributed by atoms with Gasteiger partial charge in [0.15, 0.2) is 0 Å². The molecule has 0 aliphatic rings. The molecule has 0 aliphatic heterocycles. The third-order valence-corrected chi connectivity index (χ3v) is 3.10. The molecule has 0 radical (unpaired) electrons. The average Bonchev–Trinajstić information content (AvgIpc) is 2.55. The summed E-state index contributed by atoms with van der Waals surface area (Å²) >= 11 is 0. The van der Waals surface area contributed by atoms with Crippen LogP contribution >= 0.6 is 0 Å². The zero-order chi connectivity index (χ0) is 18.7. The molecule has 0 fully saturated rings. The molecule has 0 bridgehead atoms. The predicted octanol–water partition coefficient (Wildman–Crippen LogP) is 3.50. The predicted molar refractivity (Wildman–Crippen MR) is 76.0 cm³/mol. The standard InChI is InChI=1S/C15H12F5N3O2/c1-9(23-13(24)12-8-21-6-7-22-12)10-2-4-11(5-3-10)25-15(19,20)14(16,17)18/h2-9H,1H3,(H,23,24). The van der Waals surface area contributed by atoms with Crippen LogP contribution in [0.4, 0.5) is 22.0 Å². The Balaban J connectivity index is 2.03. The number of nitrogens with zero attached hydrogens (tertiary/aromatic N) is 2. The molecule has 1 amide bonds. The van der Waals surface area contributed by atoms with Crippen molar-refractivity contribution in [2.75, 3.05) is 0 Å². The number of amides is 1. The molecule has 0 saturated carbocycles. The Morgan fingerprint density at radius 3 is 2.28 bits per heavy atom. The first-order valence-electron chi connectivity index (χ1n) is 6.90. The second-order valence-corrected chi connectivity index (χ2v) is 4.97. The number of alkyl halides is 5. The molecule has 1 atom stereocenters. The first kappa shape index (κ1) is 18.6. The summed E-state index contributed by atoms with van der Waals surface area (Å²) in [5.41, 5.74) is 0.555. The fraction of sp³-hybridized carbons (Fsp3) is 0.267. The molecule has 1 N–H and O–H groups in total. The minimum Gasteiger partial charge on any atom is -0.426 e. The van der Waals surface area contributed by atoms with Crippen molar-refractivity contribution < 1.29 is 31.5 Å². The second-order valence-electron chi connectivity index (χ2n) is 4.97. The topological polar surface area (TPSA) is 64.1 Å². The highest BCUT2D eigenvalue weighted by Gasteiger charge is 2.61. The van der Waals surface area contributed by atoms with Crippen LogP contribution in [-0.4, -0.2) is 28.2 Å². The minimum atomic E-state index is -5.82. The van der Waals surface area contributed by atoms with Crippen LogP contribution in [0.1, 0.15) is 29.0 Å². The van der Waals surface area contributed by atoms with E-state index in [4.69, 9.17) is 0 Å². The maximum Gasteiger partial charge on any atom is 0.499 e. The van der Waals surface area contributed by atoms with E-state index in [1.807, 2.05) is 0 Å². The van der Waals surface area contributed by atoms with Gasteiger partial charge in [0, 0.05) is 12.4 Å². The van der Waals surface area contributed by atoms with E-state index in [0.717, 1.165) is 12.1 Å². The van der Waals surface area contributed by atoms with Gasteiger partial charge in [0.05, 0.1) is 12.2 Å². The Kier molecular flexibility index (Phi) is 5.19. The number of ether oxygens (including phenoxy) is 1. The first-order chi connectivity index (χ1) is 11.6. The molecule has 1 aromatic heterocycles. The SMILES string of the molecule is CC(NC(=O)c1cnccn1)c1ccc(OC(F)(F)C(F)(F)F)cc1. The van der Waals surface area contributed by atoms with Crippen molar-refractivity contribution in [1.29, 1.82) is 0 Å². The maximum absolute atomic E-state index is 12.8. The fourth-order valence-corrected chi connectivity index (χ4v) is 1.80. The molecule has 0 saturated heterocycles. The van der Waals surface area contributed by atoms with E-state index in [-0.39, 0.29) is 5.69 Å². The molecule has 1 heterocycles. The maximum atomic E-state index is 12.8. The lowest BCUT2D eigenvalue weighted by molar-refractivity contribution is -0.360. The molecule has 5 nitrogen and oxygen atoms in total. The zero-order valence-corrected chi connectivity index (χ0v) is 12.7. The summed E-state index contributed by atoms with van der Waals surface area (Å²) in [7, 11) is 0. The van der Waals surface area contributed by atoms with Crippen molar-refractivity contribution in [2.45, 2.75) is 25.3 Å². The molecule has 2 aromatic rings. The molecule has 2 rings (SSSR count). The van der Waals surface area contributed by atoms with Gasteiger partial charge in [0.1, 0.15) is 11.4 Å². The highest BCUT2D eigenvalue weighted by atomic mass is 19.4. The third kappa shape index (κ3) is 4.61. The smallest absolute Gasteiger partial charge is 0.426 e. The Morgan fingerprint density at radius 2 is 1.76 bits per heavy atom. The van der Waals surface area contributed by atoms with E-state index in [1.165, 1.54) is 30.7 Å². The van der Waals surface area contributed by atoms with Gasteiger partial charge in [0.2, 0.25) is 0 Å². The van der Waals surface area contributed by atoms with Crippen molar-refractivity contribution in [2.24, 2.45) is 0 Å². The molecule has 0 aliphatic carbocycles. The lowest BCUT2D eigenvalue weighted by atomic mass is 10.1. The van der Waals surface area contributed by atoms with Crippen LogP contribution in [0, 0.1) is 0 Å².